The largest absolute Gasteiger partial charge is 0.355 e. The fourth-order valence-electron chi connectivity index (χ4n) is 3.57. The van der Waals surface area contributed by atoms with E-state index in [1.54, 1.807) is 6.33 Å². The van der Waals surface area contributed by atoms with E-state index in [1.165, 1.54) is 0 Å². The van der Waals surface area contributed by atoms with Gasteiger partial charge >= 0.3 is 0 Å². The molecule has 8 nitrogen and oxygen atoms in total. The summed E-state index contributed by atoms with van der Waals surface area (Å²) in [5, 5.41) is 9.16. The lowest BCUT2D eigenvalue weighted by molar-refractivity contribution is 0.685. The molecule has 8 heteroatoms. The molecule has 0 amide bonds. The van der Waals surface area contributed by atoms with Crippen LogP contribution in [0.4, 0.5) is 11.6 Å². The first kappa shape index (κ1) is 14.2. The van der Waals surface area contributed by atoms with Crippen LogP contribution in [0.15, 0.2) is 37.1 Å². The van der Waals surface area contributed by atoms with Gasteiger partial charge in [-0.15, -0.1) is 0 Å². The highest BCUT2D eigenvalue weighted by molar-refractivity contribution is 5.87. The molecule has 5 rings (SSSR count). The van der Waals surface area contributed by atoms with Crippen molar-refractivity contribution in [1.29, 1.82) is 0 Å². The summed E-state index contributed by atoms with van der Waals surface area (Å²) in [6, 6.07) is 4.51. The molecule has 0 spiro atoms. The Morgan fingerprint density at radius 3 is 3.16 bits per heavy atom. The predicted octanol–water partition coefficient (Wildman–Crippen LogP) is 1.94. The van der Waals surface area contributed by atoms with Crippen LogP contribution in [0.3, 0.4) is 0 Å². The molecule has 1 fully saturated rings. The maximum atomic E-state index is 4.57. The summed E-state index contributed by atoms with van der Waals surface area (Å²) in [5.41, 5.74) is 1.84. The number of fused-ring (bicyclic) bond motifs is 2. The van der Waals surface area contributed by atoms with Gasteiger partial charge in [-0.2, -0.15) is 5.10 Å². The van der Waals surface area contributed by atoms with Crippen LogP contribution in [-0.2, 0) is 0 Å². The minimum Gasteiger partial charge on any atom is -0.355 e. The van der Waals surface area contributed by atoms with Gasteiger partial charge in [-0.25, -0.2) is 15.0 Å². The molecule has 1 aliphatic heterocycles. The first-order chi connectivity index (χ1) is 12.3. The number of aromatic nitrogens is 6. The molecule has 0 radical (unpaired) electrons. The molecule has 1 atom stereocenters. The minimum absolute atomic E-state index is 0.390. The molecule has 5 heterocycles. The van der Waals surface area contributed by atoms with E-state index in [1.807, 2.05) is 24.7 Å². The Hall–Kier alpha value is -3.16. The normalized spacial score (nSPS) is 17.6. The Kier molecular flexibility index (Phi) is 3.09. The Morgan fingerprint density at radius 1 is 1.24 bits per heavy atom. The molecule has 1 unspecified atom stereocenters. The zero-order chi connectivity index (χ0) is 16.8. The molecule has 4 aromatic rings. The second-order valence-corrected chi connectivity index (χ2v) is 6.44. The van der Waals surface area contributed by atoms with Gasteiger partial charge in [0.2, 0.25) is 0 Å². The van der Waals surface area contributed by atoms with E-state index in [2.05, 4.69) is 53.0 Å². The quantitative estimate of drug-likeness (QED) is 0.595. The smallest absolute Gasteiger partial charge is 0.142 e. The summed E-state index contributed by atoms with van der Waals surface area (Å²) >= 11 is 0. The number of likely N-dealkylation sites (N-methyl/N-ethyl adjacent to an activating group) is 1. The lowest BCUT2D eigenvalue weighted by atomic mass is 10.2. The Balaban J connectivity index is 1.40. The highest BCUT2D eigenvalue weighted by atomic mass is 15.3. The molecular weight excluding hydrogens is 316 g/mol. The molecular formula is C17H18N8. The Morgan fingerprint density at radius 2 is 2.20 bits per heavy atom. The van der Waals surface area contributed by atoms with Crippen LogP contribution in [0.25, 0.3) is 21.9 Å². The van der Waals surface area contributed by atoms with E-state index in [-0.39, 0.29) is 0 Å². The van der Waals surface area contributed by atoms with Crippen LogP contribution in [0.2, 0.25) is 0 Å². The summed E-state index contributed by atoms with van der Waals surface area (Å²) < 4.78 is 0. The maximum Gasteiger partial charge on any atom is 0.142 e. The predicted molar refractivity (Wildman–Crippen MR) is 96.8 cm³/mol. The monoisotopic (exact) mass is 334 g/mol. The van der Waals surface area contributed by atoms with Crippen molar-refractivity contribution in [1.82, 2.24) is 30.1 Å². The Labute approximate surface area is 143 Å². The third kappa shape index (κ3) is 2.29. The molecule has 2 N–H and O–H groups in total. The lowest BCUT2D eigenvalue weighted by Crippen LogP contribution is -2.35. The van der Waals surface area contributed by atoms with Crippen molar-refractivity contribution in [3.63, 3.8) is 0 Å². The van der Waals surface area contributed by atoms with Gasteiger partial charge in [0.05, 0.1) is 23.3 Å². The molecule has 0 saturated carbocycles. The van der Waals surface area contributed by atoms with Crippen molar-refractivity contribution in [3.8, 4) is 0 Å². The highest BCUT2D eigenvalue weighted by Gasteiger charge is 2.28. The average Bonchev–Trinajstić information content (AvgIpc) is 3.39. The van der Waals surface area contributed by atoms with Gasteiger partial charge in [-0.1, -0.05) is 0 Å². The van der Waals surface area contributed by atoms with Crippen molar-refractivity contribution in [2.24, 2.45) is 0 Å². The molecule has 0 aliphatic carbocycles. The fraction of sp³-hybridized carbons (Fsp3) is 0.294. The fourth-order valence-corrected chi connectivity index (χ4v) is 3.57. The summed E-state index contributed by atoms with van der Waals surface area (Å²) in [7, 11) is 2.11. The first-order valence-corrected chi connectivity index (χ1v) is 8.34. The zero-order valence-electron chi connectivity index (χ0n) is 13.8. The highest BCUT2D eigenvalue weighted by Crippen LogP contribution is 2.28. The summed E-state index contributed by atoms with van der Waals surface area (Å²) in [4.78, 5) is 21.1. The van der Waals surface area contributed by atoms with Crippen LogP contribution in [0.5, 0.6) is 0 Å². The number of anilines is 2. The molecule has 25 heavy (non-hydrogen) atoms. The van der Waals surface area contributed by atoms with E-state index in [0.29, 0.717) is 6.04 Å². The summed E-state index contributed by atoms with van der Waals surface area (Å²) in [5.74, 6) is 1.97. The molecule has 0 aromatic carbocycles. The number of nitrogens with zero attached hydrogens (tertiary/aromatic N) is 6. The molecule has 4 aromatic heterocycles. The molecule has 1 aliphatic rings. The van der Waals surface area contributed by atoms with Crippen molar-refractivity contribution in [3.05, 3.63) is 37.1 Å². The maximum absolute atomic E-state index is 4.57. The van der Waals surface area contributed by atoms with Gasteiger partial charge in [-0.05, 0) is 18.6 Å². The minimum atomic E-state index is 0.390. The first-order valence-electron chi connectivity index (χ1n) is 8.34. The number of hydrogen-bond acceptors (Lipinski definition) is 6. The molecule has 1 saturated heterocycles. The molecule has 126 valence electrons. The Bertz CT molecular complexity index is 1040. The van der Waals surface area contributed by atoms with Gasteiger partial charge in [0, 0.05) is 37.8 Å². The van der Waals surface area contributed by atoms with Crippen LogP contribution in [0, 0.1) is 0 Å². The molecule has 0 bridgehead atoms. The van der Waals surface area contributed by atoms with E-state index in [4.69, 9.17) is 0 Å². The van der Waals surface area contributed by atoms with E-state index >= 15 is 0 Å². The van der Waals surface area contributed by atoms with Gasteiger partial charge in [0.15, 0.2) is 0 Å². The van der Waals surface area contributed by atoms with Gasteiger partial charge in [0.25, 0.3) is 0 Å². The SMILES string of the molecule is CN(c1cc2cn[nH]c2cn1)C1CCN(c2ncnc3[nH]ccc23)C1. The number of rotatable bonds is 3. The number of nitrogens with one attached hydrogen (secondary N) is 2. The van der Waals surface area contributed by atoms with Crippen molar-refractivity contribution in [2.75, 3.05) is 29.9 Å². The number of H-pyrrole nitrogens is 2. The van der Waals surface area contributed by atoms with Crippen LogP contribution < -0.4 is 9.80 Å². The third-order valence-corrected chi connectivity index (χ3v) is 5.02. The van der Waals surface area contributed by atoms with Crippen LogP contribution >= 0.6 is 0 Å². The summed E-state index contributed by atoms with van der Waals surface area (Å²) in [6.45, 7) is 1.89. The van der Waals surface area contributed by atoms with E-state index in [9.17, 15) is 0 Å². The van der Waals surface area contributed by atoms with Gasteiger partial charge in [-0.3, -0.25) is 5.10 Å². The van der Waals surface area contributed by atoms with Crippen LogP contribution in [-0.4, -0.2) is 56.3 Å². The zero-order valence-corrected chi connectivity index (χ0v) is 13.8. The van der Waals surface area contributed by atoms with E-state index < -0.39 is 0 Å². The second-order valence-electron chi connectivity index (χ2n) is 6.44. The lowest BCUT2D eigenvalue weighted by Gasteiger charge is -2.26. The van der Waals surface area contributed by atoms with Crippen molar-refractivity contribution in [2.45, 2.75) is 12.5 Å². The average molecular weight is 334 g/mol. The van der Waals surface area contributed by atoms with Gasteiger partial charge in [0.1, 0.15) is 23.6 Å². The van der Waals surface area contributed by atoms with Crippen molar-refractivity contribution >= 4 is 33.6 Å². The van der Waals surface area contributed by atoms with Crippen molar-refractivity contribution < 1.29 is 0 Å². The topological polar surface area (TPSA) is 89.6 Å². The third-order valence-electron chi connectivity index (χ3n) is 5.02. The second kappa shape index (κ2) is 5.44. The number of pyridine rings is 1. The van der Waals surface area contributed by atoms with Gasteiger partial charge < -0.3 is 14.8 Å². The number of aromatic amines is 2. The van der Waals surface area contributed by atoms with Crippen LogP contribution in [0.1, 0.15) is 6.42 Å². The standard InChI is InChI=1S/C17H18N8/c1-24(15-6-11-7-22-23-14(11)8-19-15)12-3-5-25(9-12)17-13-2-4-18-16(13)20-10-21-17/h2,4,6-8,10,12H,3,5,9H2,1H3,(H,22,23)(H,18,20,21). The summed E-state index contributed by atoms with van der Waals surface area (Å²) in [6.07, 6.45) is 8.27. The van der Waals surface area contributed by atoms with E-state index in [0.717, 1.165) is 53.1 Å². The number of hydrogen-bond donors (Lipinski definition) is 2.